The molecule has 1 aromatic heterocycles. The third-order valence-electron chi connectivity index (χ3n) is 2.70. The van der Waals surface area contributed by atoms with Gasteiger partial charge in [-0.2, -0.15) is 0 Å². The standard InChI is InChI=1S/C13H12Br2N2O3S2/c1-8-6-9(14)2-3-10(8)17-12(18)7-16-22(19,20)13-5-4-11(15)21-13/h2-6,16H,7H2,1H3,(H,17,18). The Morgan fingerprint density at radius 3 is 2.55 bits per heavy atom. The molecule has 0 fully saturated rings. The highest BCUT2D eigenvalue weighted by atomic mass is 79.9. The SMILES string of the molecule is Cc1cc(Br)ccc1NC(=O)CNS(=O)(=O)c1ccc(Br)s1. The fourth-order valence-corrected chi connectivity index (χ4v) is 5.15. The van der Waals surface area contributed by atoms with E-state index in [-0.39, 0.29) is 10.8 Å². The molecule has 1 amide bonds. The van der Waals surface area contributed by atoms with Crippen molar-refractivity contribution in [2.24, 2.45) is 0 Å². The molecule has 2 N–H and O–H groups in total. The number of anilines is 1. The Morgan fingerprint density at radius 2 is 1.95 bits per heavy atom. The van der Waals surface area contributed by atoms with Crippen LogP contribution in [0.3, 0.4) is 0 Å². The first kappa shape index (κ1) is 17.6. The number of carbonyl (C=O) groups excluding carboxylic acids is 1. The molecule has 0 saturated carbocycles. The number of nitrogens with one attached hydrogen (secondary N) is 2. The van der Waals surface area contributed by atoms with E-state index in [9.17, 15) is 13.2 Å². The van der Waals surface area contributed by atoms with Crippen LogP contribution in [0.5, 0.6) is 0 Å². The van der Waals surface area contributed by atoms with E-state index >= 15 is 0 Å². The Kier molecular flexibility index (Phi) is 5.78. The minimum Gasteiger partial charge on any atom is -0.325 e. The molecule has 0 saturated heterocycles. The average molecular weight is 468 g/mol. The Morgan fingerprint density at radius 1 is 1.23 bits per heavy atom. The molecule has 0 bridgehead atoms. The Bertz CT molecular complexity index is 803. The van der Waals surface area contributed by atoms with Gasteiger partial charge in [-0.05, 0) is 58.7 Å². The minimum absolute atomic E-state index is 0.159. The average Bonchev–Trinajstić information content (AvgIpc) is 2.87. The number of benzene rings is 1. The summed E-state index contributed by atoms with van der Waals surface area (Å²) in [5.74, 6) is -0.426. The topological polar surface area (TPSA) is 75.3 Å². The van der Waals surface area contributed by atoms with Gasteiger partial charge in [0.1, 0.15) is 4.21 Å². The van der Waals surface area contributed by atoms with Crippen LogP contribution < -0.4 is 10.0 Å². The maximum Gasteiger partial charge on any atom is 0.250 e. The van der Waals surface area contributed by atoms with Crippen molar-refractivity contribution in [3.05, 3.63) is 44.2 Å². The molecular formula is C13H12Br2N2O3S2. The number of sulfonamides is 1. The van der Waals surface area contributed by atoms with Crippen LogP contribution in [0.15, 0.2) is 42.8 Å². The van der Waals surface area contributed by atoms with Crippen molar-refractivity contribution in [3.63, 3.8) is 0 Å². The maximum atomic E-state index is 12.0. The first-order chi connectivity index (χ1) is 10.3. The van der Waals surface area contributed by atoms with Crippen LogP contribution in [0.25, 0.3) is 0 Å². The zero-order chi connectivity index (χ0) is 16.3. The summed E-state index contributed by atoms with van der Waals surface area (Å²) in [5, 5.41) is 2.67. The lowest BCUT2D eigenvalue weighted by molar-refractivity contribution is -0.115. The maximum absolute atomic E-state index is 12.0. The quantitative estimate of drug-likeness (QED) is 0.706. The highest BCUT2D eigenvalue weighted by Gasteiger charge is 2.17. The Labute approximate surface area is 149 Å². The highest BCUT2D eigenvalue weighted by Crippen LogP contribution is 2.25. The zero-order valence-corrected chi connectivity index (χ0v) is 16.2. The molecule has 0 radical (unpaired) electrons. The first-order valence-corrected chi connectivity index (χ1v) is 9.97. The smallest absolute Gasteiger partial charge is 0.250 e. The van der Waals surface area contributed by atoms with Crippen LogP contribution in [-0.2, 0) is 14.8 Å². The molecule has 0 aliphatic heterocycles. The van der Waals surface area contributed by atoms with E-state index in [0.717, 1.165) is 21.4 Å². The number of halogens is 2. The van der Waals surface area contributed by atoms with Crippen molar-refractivity contribution in [2.75, 3.05) is 11.9 Å². The van der Waals surface area contributed by atoms with Crippen molar-refractivity contribution < 1.29 is 13.2 Å². The Hall–Kier alpha value is -0.740. The summed E-state index contributed by atoms with van der Waals surface area (Å²) in [7, 11) is -3.67. The van der Waals surface area contributed by atoms with Gasteiger partial charge in [-0.3, -0.25) is 4.79 Å². The van der Waals surface area contributed by atoms with E-state index in [4.69, 9.17) is 0 Å². The number of amides is 1. The Balaban J connectivity index is 1.98. The molecule has 0 spiro atoms. The van der Waals surface area contributed by atoms with E-state index in [1.54, 1.807) is 18.2 Å². The highest BCUT2D eigenvalue weighted by molar-refractivity contribution is 9.11. The van der Waals surface area contributed by atoms with Crippen LogP contribution in [0.2, 0.25) is 0 Å². The van der Waals surface area contributed by atoms with Gasteiger partial charge in [-0.1, -0.05) is 15.9 Å². The van der Waals surface area contributed by atoms with Gasteiger partial charge in [0.2, 0.25) is 5.91 Å². The van der Waals surface area contributed by atoms with Crippen molar-refractivity contribution in [1.82, 2.24) is 4.72 Å². The first-order valence-electron chi connectivity index (χ1n) is 6.09. The molecule has 5 nitrogen and oxygen atoms in total. The molecule has 2 aromatic rings. The molecule has 1 aromatic carbocycles. The molecule has 2 rings (SSSR count). The van der Waals surface area contributed by atoms with Crippen LogP contribution in [-0.4, -0.2) is 20.9 Å². The second-order valence-electron chi connectivity index (χ2n) is 4.39. The molecular weight excluding hydrogens is 456 g/mol. The third-order valence-corrected chi connectivity index (χ3v) is 6.71. The van der Waals surface area contributed by atoms with E-state index in [1.165, 1.54) is 6.07 Å². The summed E-state index contributed by atoms with van der Waals surface area (Å²) in [6.45, 7) is 1.53. The number of thiophene rings is 1. The summed E-state index contributed by atoms with van der Waals surface area (Å²) in [6.07, 6.45) is 0. The van der Waals surface area contributed by atoms with Gasteiger partial charge < -0.3 is 5.32 Å². The van der Waals surface area contributed by atoms with Gasteiger partial charge in [-0.25, -0.2) is 13.1 Å². The third kappa shape index (κ3) is 4.63. The second-order valence-corrected chi connectivity index (χ2v) is 9.76. The summed E-state index contributed by atoms with van der Waals surface area (Å²) in [6, 6.07) is 8.54. The van der Waals surface area contributed by atoms with Crippen molar-refractivity contribution >= 4 is 64.8 Å². The number of aryl methyl sites for hydroxylation is 1. The molecule has 0 aliphatic carbocycles. The lowest BCUT2D eigenvalue weighted by Crippen LogP contribution is -2.32. The van der Waals surface area contributed by atoms with Gasteiger partial charge >= 0.3 is 0 Å². The van der Waals surface area contributed by atoms with Crippen molar-refractivity contribution in [2.45, 2.75) is 11.1 Å². The monoisotopic (exact) mass is 466 g/mol. The summed E-state index contributed by atoms with van der Waals surface area (Å²) in [5.41, 5.74) is 1.53. The van der Waals surface area contributed by atoms with Gasteiger partial charge in [0, 0.05) is 10.2 Å². The summed E-state index contributed by atoms with van der Waals surface area (Å²) in [4.78, 5) is 11.9. The predicted molar refractivity (Wildman–Crippen MR) is 94.7 cm³/mol. The van der Waals surface area contributed by atoms with Gasteiger partial charge in [0.25, 0.3) is 10.0 Å². The number of hydrogen-bond donors (Lipinski definition) is 2. The van der Waals surface area contributed by atoms with Crippen LogP contribution in [0, 0.1) is 6.92 Å². The number of hydrogen-bond acceptors (Lipinski definition) is 4. The summed E-state index contributed by atoms with van der Waals surface area (Å²) < 4.78 is 28.1. The van der Waals surface area contributed by atoms with Gasteiger partial charge in [0.05, 0.1) is 10.3 Å². The number of rotatable bonds is 5. The lowest BCUT2D eigenvalue weighted by atomic mass is 10.2. The molecule has 22 heavy (non-hydrogen) atoms. The largest absolute Gasteiger partial charge is 0.325 e. The molecule has 118 valence electrons. The fourth-order valence-electron chi connectivity index (χ4n) is 1.64. The molecule has 0 atom stereocenters. The van der Waals surface area contributed by atoms with E-state index in [0.29, 0.717) is 9.47 Å². The minimum atomic E-state index is -3.67. The molecule has 0 unspecified atom stereocenters. The lowest BCUT2D eigenvalue weighted by Gasteiger charge is -2.09. The van der Waals surface area contributed by atoms with Crippen LogP contribution in [0.1, 0.15) is 5.56 Å². The molecule has 9 heteroatoms. The van der Waals surface area contributed by atoms with Crippen molar-refractivity contribution in [1.29, 1.82) is 0 Å². The van der Waals surface area contributed by atoms with Gasteiger partial charge in [-0.15, -0.1) is 11.3 Å². The normalized spacial score (nSPS) is 11.4. The molecule has 1 heterocycles. The predicted octanol–water partition coefficient (Wildman–Crippen LogP) is 3.50. The van der Waals surface area contributed by atoms with E-state index < -0.39 is 15.9 Å². The van der Waals surface area contributed by atoms with Crippen LogP contribution in [0.4, 0.5) is 5.69 Å². The van der Waals surface area contributed by atoms with Crippen molar-refractivity contribution in [3.8, 4) is 0 Å². The fraction of sp³-hybridized carbons (Fsp3) is 0.154. The molecule has 0 aliphatic rings. The van der Waals surface area contributed by atoms with Crippen LogP contribution >= 0.6 is 43.2 Å². The number of carbonyl (C=O) groups is 1. The van der Waals surface area contributed by atoms with Gasteiger partial charge in [0.15, 0.2) is 0 Å². The van der Waals surface area contributed by atoms with E-state index in [1.807, 2.05) is 13.0 Å². The second kappa shape index (κ2) is 7.22. The zero-order valence-electron chi connectivity index (χ0n) is 11.4. The summed E-state index contributed by atoms with van der Waals surface area (Å²) >= 11 is 7.63. The van der Waals surface area contributed by atoms with E-state index in [2.05, 4.69) is 41.9 Å².